The SMILES string of the molecule is CCOC(=O)c1ccc(N(Cc2ccc(Cl)cc2Cl)C(=O)c2cccc([N+](=O)[O-])c2)cc1. The van der Waals surface area contributed by atoms with E-state index in [0.29, 0.717) is 26.9 Å². The molecule has 3 aromatic rings. The number of ether oxygens (including phenoxy) is 1. The highest BCUT2D eigenvalue weighted by atomic mass is 35.5. The van der Waals surface area contributed by atoms with Gasteiger partial charge in [0.25, 0.3) is 11.6 Å². The molecule has 0 saturated heterocycles. The van der Waals surface area contributed by atoms with Gasteiger partial charge in [0.15, 0.2) is 0 Å². The Bertz CT molecular complexity index is 1170. The molecule has 0 bridgehead atoms. The number of anilines is 1. The van der Waals surface area contributed by atoms with E-state index in [1.54, 1.807) is 49.4 Å². The molecule has 1 amide bonds. The molecule has 0 saturated carbocycles. The minimum Gasteiger partial charge on any atom is -0.462 e. The second-order valence-electron chi connectivity index (χ2n) is 6.70. The number of non-ortho nitro benzene ring substituents is 1. The van der Waals surface area contributed by atoms with E-state index in [-0.39, 0.29) is 24.4 Å². The lowest BCUT2D eigenvalue weighted by Gasteiger charge is -2.24. The van der Waals surface area contributed by atoms with Gasteiger partial charge in [0.05, 0.1) is 23.6 Å². The molecule has 32 heavy (non-hydrogen) atoms. The van der Waals surface area contributed by atoms with Crippen molar-refractivity contribution in [3.8, 4) is 0 Å². The summed E-state index contributed by atoms with van der Waals surface area (Å²) in [6.45, 7) is 2.03. The third-order valence-electron chi connectivity index (χ3n) is 4.58. The van der Waals surface area contributed by atoms with E-state index in [1.807, 2.05) is 0 Å². The van der Waals surface area contributed by atoms with Gasteiger partial charge in [-0.3, -0.25) is 14.9 Å². The Balaban J connectivity index is 2.01. The van der Waals surface area contributed by atoms with Gasteiger partial charge in [0, 0.05) is 33.4 Å². The van der Waals surface area contributed by atoms with Gasteiger partial charge in [0.1, 0.15) is 0 Å². The molecule has 164 valence electrons. The van der Waals surface area contributed by atoms with E-state index < -0.39 is 16.8 Å². The Labute approximate surface area is 194 Å². The summed E-state index contributed by atoms with van der Waals surface area (Å²) in [6, 6.07) is 16.7. The molecular formula is C23H18Cl2N2O5. The van der Waals surface area contributed by atoms with Gasteiger partial charge in [0.2, 0.25) is 0 Å². The van der Waals surface area contributed by atoms with Crippen molar-refractivity contribution in [2.24, 2.45) is 0 Å². The van der Waals surface area contributed by atoms with Crippen molar-refractivity contribution in [3.05, 3.63) is 104 Å². The maximum atomic E-state index is 13.4. The Morgan fingerprint density at radius 1 is 1.00 bits per heavy atom. The van der Waals surface area contributed by atoms with Crippen molar-refractivity contribution < 1.29 is 19.2 Å². The van der Waals surface area contributed by atoms with E-state index >= 15 is 0 Å². The summed E-state index contributed by atoms with van der Waals surface area (Å²) < 4.78 is 4.99. The number of nitro benzene ring substituents is 1. The Hall–Kier alpha value is -3.42. The van der Waals surface area contributed by atoms with Crippen LogP contribution in [-0.2, 0) is 11.3 Å². The number of hydrogen-bond donors (Lipinski definition) is 0. The molecule has 9 heteroatoms. The van der Waals surface area contributed by atoms with Crippen molar-refractivity contribution in [1.29, 1.82) is 0 Å². The third-order valence-corrected chi connectivity index (χ3v) is 5.17. The largest absolute Gasteiger partial charge is 0.462 e. The predicted octanol–water partition coefficient (Wildman–Crippen LogP) is 5.93. The zero-order chi connectivity index (χ0) is 23.3. The van der Waals surface area contributed by atoms with Gasteiger partial charge in [-0.25, -0.2) is 4.79 Å². The fourth-order valence-corrected chi connectivity index (χ4v) is 3.47. The Morgan fingerprint density at radius 2 is 1.72 bits per heavy atom. The molecule has 0 aliphatic carbocycles. The molecule has 0 atom stereocenters. The van der Waals surface area contributed by atoms with Crippen molar-refractivity contribution >= 4 is 46.5 Å². The monoisotopic (exact) mass is 472 g/mol. The lowest BCUT2D eigenvalue weighted by atomic mass is 10.1. The fraction of sp³-hybridized carbons (Fsp3) is 0.130. The maximum absolute atomic E-state index is 13.4. The zero-order valence-electron chi connectivity index (χ0n) is 17.0. The highest BCUT2D eigenvalue weighted by Crippen LogP contribution is 2.27. The first-order chi connectivity index (χ1) is 15.3. The van der Waals surface area contributed by atoms with Crippen molar-refractivity contribution in [3.63, 3.8) is 0 Å². The Morgan fingerprint density at radius 3 is 2.34 bits per heavy atom. The number of rotatable bonds is 7. The summed E-state index contributed by atoms with van der Waals surface area (Å²) in [4.78, 5) is 37.3. The number of benzene rings is 3. The molecule has 0 spiro atoms. The molecule has 7 nitrogen and oxygen atoms in total. The molecule has 3 aromatic carbocycles. The lowest BCUT2D eigenvalue weighted by Crippen LogP contribution is -2.30. The van der Waals surface area contributed by atoms with Crippen molar-refractivity contribution in [2.45, 2.75) is 13.5 Å². The average molecular weight is 473 g/mol. The van der Waals surface area contributed by atoms with Crippen LogP contribution in [0.5, 0.6) is 0 Å². The van der Waals surface area contributed by atoms with Gasteiger partial charge < -0.3 is 9.64 Å². The van der Waals surface area contributed by atoms with Crippen molar-refractivity contribution in [2.75, 3.05) is 11.5 Å². The first kappa shape index (κ1) is 23.2. The first-order valence-corrected chi connectivity index (χ1v) is 10.3. The van der Waals surface area contributed by atoms with Gasteiger partial charge in [-0.15, -0.1) is 0 Å². The van der Waals surface area contributed by atoms with Gasteiger partial charge in [-0.1, -0.05) is 35.3 Å². The molecule has 0 aliphatic heterocycles. The topological polar surface area (TPSA) is 89.8 Å². The molecule has 0 N–H and O–H groups in total. The van der Waals surface area contributed by atoms with Crippen molar-refractivity contribution in [1.82, 2.24) is 0 Å². The second-order valence-corrected chi connectivity index (χ2v) is 7.55. The first-order valence-electron chi connectivity index (χ1n) is 9.57. The summed E-state index contributed by atoms with van der Waals surface area (Å²) in [7, 11) is 0. The van der Waals surface area contributed by atoms with E-state index in [1.165, 1.54) is 29.2 Å². The predicted molar refractivity (Wildman–Crippen MR) is 122 cm³/mol. The third kappa shape index (κ3) is 5.43. The molecule has 3 rings (SSSR count). The van der Waals surface area contributed by atoms with Crippen LogP contribution >= 0.6 is 23.2 Å². The number of esters is 1. The molecular weight excluding hydrogens is 455 g/mol. The summed E-state index contributed by atoms with van der Waals surface area (Å²) in [5.74, 6) is -0.944. The van der Waals surface area contributed by atoms with E-state index in [2.05, 4.69) is 0 Å². The van der Waals surface area contributed by atoms with Crippen LogP contribution in [0.3, 0.4) is 0 Å². The number of carbonyl (C=O) groups is 2. The van der Waals surface area contributed by atoms with Gasteiger partial charge >= 0.3 is 5.97 Å². The number of hydrogen-bond acceptors (Lipinski definition) is 5. The van der Waals surface area contributed by atoms with E-state index in [9.17, 15) is 19.7 Å². The number of nitro groups is 1. The van der Waals surface area contributed by atoms with Crippen LogP contribution < -0.4 is 4.90 Å². The van der Waals surface area contributed by atoms with Crippen LogP contribution in [0.4, 0.5) is 11.4 Å². The smallest absolute Gasteiger partial charge is 0.338 e. The lowest BCUT2D eigenvalue weighted by molar-refractivity contribution is -0.384. The number of amides is 1. The average Bonchev–Trinajstić information content (AvgIpc) is 2.78. The molecule has 0 aliphatic rings. The van der Waals surface area contributed by atoms with Gasteiger partial charge in [-0.05, 0) is 55.0 Å². The summed E-state index contributed by atoms with van der Waals surface area (Å²) in [5, 5.41) is 12.0. The molecule has 0 unspecified atom stereocenters. The highest BCUT2D eigenvalue weighted by Gasteiger charge is 2.22. The quantitative estimate of drug-likeness (QED) is 0.241. The van der Waals surface area contributed by atoms with Crippen LogP contribution in [0.15, 0.2) is 66.7 Å². The van der Waals surface area contributed by atoms with Crippen LogP contribution in [0.1, 0.15) is 33.2 Å². The van der Waals surface area contributed by atoms with Crippen LogP contribution in [-0.4, -0.2) is 23.4 Å². The Kier molecular flexibility index (Phi) is 7.45. The highest BCUT2D eigenvalue weighted by molar-refractivity contribution is 6.35. The van der Waals surface area contributed by atoms with Crippen LogP contribution in [0.2, 0.25) is 10.0 Å². The number of halogens is 2. The summed E-state index contributed by atoms with van der Waals surface area (Å²) in [5.41, 5.74) is 1.38. The molecule has 0 aromatic heterocycles. The number of carbonyl (C=O) groups excluding carboxylic acids is 2. The van der Waals surface area contributed by atoms with E-state index in [4.69, 9.17) is 27.9 Å². The second kappa shape index (κ2) is 10.3. The minimum atomic E-state index is -0.564. The fourth-order valence-electron chi connectivity index (χ4n) is 3.00. The minimum absolute atomic E-state index is 0.0796. The zero-order valence-corrected chi connectivity index (χ0v) is 18.5. The maximum Gasteiger partial charge on any atom is 0.338 e. The van der Waals surface area contributed by atoms with E-state index in [0.717, 1.165) is 0 Å². The normalized spacial score (nSPS) is 10.5. The molecule has 0 fully saturated rings. The number of nitrogens with zero attached hydrogens (tertiary/aromatic N) is 2. The summed E-state index contributed by atoms with van der Waals surface area (Å²) >= 11 is 12.3. The van der Waals surface area contributed by atoms with Crippen LogP contribution in [0, 0.1) is 10.1 Å². The summed E-state index contributed by atoms with van der Waals surface area (Å²) in [6.07, 6.45) is 0. The molecule has 0 heterocycles. The van der Waals surface area contributed by atoms with Gasteiger partial charge in [-0.2, -0.15) is 0 Å². The molecule has 0 radical (unpaired) electrons. The standard InChI is InChI=1S/C23H18Cl2N2O5/c1-2-32-23(29)15-7-10-19(11-8-15)26(14-17-6-9-18(24)13-21(17)25)22(28)16-4-3-5-20(12-16)27(30)31/h3-13H,2,14H2,1H3. The van der Waals surface area contributed by atoms with Crippen LogP contribution in [0.25, 0.3) is 0 Å².